The summed E-state index contributed by atoms with van der Waals surface area (Å²) in [7, 11) is 1.59. The number of methoxy groups -OCH3 is 1. The van der Waals surface area contributed by atoms with Gasteiger partial charge in [0.1, 0.15) is 15.5 Å². The van der Waals surface area contributed by atoms with Gasteiger partial charge in [-0.2, -0.15) is 0 Å². The van der Waals surface area contributed by atoms with Crippen LogP contribution in [0.2, 0.25) is 0 Å². The maximum atomic E-state index is 12.6. The Morgan fingerprint density at radius 3 is 2.57 bits per heavy atom. The van der Waals surface area contributed by atoms with Crippen LogP contribution in [0, 0.1) is 0 Å². The Bertz CT molecular complexity index is 1220. The number of hydrogen-bond acceptors (Lipinski definition) is 4. The van der Waals surface area contributed by atoms with E-state index in [9.17, 15) is 14.7 Å². The first-order valence-corrected chi connectivity index (χ1v) is 9.48. The van der Waals surface area contributed by atoms with Crippen molar-refractivity contribution < 1.29 is 14.6 Å². The zero-order chi connectivity index (χ0) is 19.7. The summed E-state index contributed by atoms with van der Waals surface area (Å²) in [6.45, 7) is 0.334. The van der Waals surface area contributed by atoms with E-state index in [0.29, 0.717) is 22.7 Å². The van der Waals surface area contributed by atoms with E-state index in [1.807, 2.05) is 54.6 Å². The lowest BCUT2D eigenvalue weighted by molar-refractivity contribution is 0.0703. The van der Waals surface area contributed by atoms with Crippen molar-refractivity contribution in [3.63, 3.8) is 0 Å². The molecule has 0 amide bonds. The Hall–Kier alpha value is -3.38. The molecule has 0 atom stereocenters. The smallest absolute Gasteiger partial charge is 0.346 e. The number of benzene rings is 2. The minimum atomic E-state index is -1.000. The molecule has 2 aromatic heterocycles. The van der Waals surface area contributed by atoms with Crippen LogP contribution in [0.4, 0.5) is 0 Å². The Kier molecular flexibility index (Phi) is 4.71. The van der Waals surface area contributed by atoms with Crippen molar-refractivity contribution in [2.24, 2.45) is 0 Å². The largest absolute Gasteiger partial charge is 0.497 e. The number of carboxylic acid groups (broad SMARTS) is 1. The first-order chi connectivity index (χ1) is 13.6. The number of aromatic carboxylic acids is 1. The molecular weight excluding hydrogens is 374 g/mol. The van der Waals surface area contributed by atoms with E-state index in [1.165, 1.54) is 6.07 Å². The van der Waals surface area contributed by atoms with Crippen LogP contribution in [0.25, 0.3) is 21.3 Å². The standard InChI is InChI=1S/C22H17NO4S/c1-27-16-9-5-6-14(12-16)13-23-18(24)11-10-17-19(15-7-3-2-4-8-15)20(22(25)26)28-21(17)23/h2-12H,13H2,1H3,(H,25,26). The molecule has 1 N–H and O–H groups in total. The summed E-state index contributed by atoms with van der Waals surface area (Å²) < 4.78 is 6.88. The van der Waals surface area contributed by atoms with E-state index in [1.54, 1.807) is 17.7 Å². The zero-order valence-corrected chi connectivity index (χ0v) is 15.9. The predicted octanol–water partition coefficient (Wildman–Crippen LogP) is 4.49. The fraction of sp³-hybridized carbons (Fsp3) is 0.0909. The summed E-state index contributed by atoms with van der Waals surface area (Å²) >= 11 is 1.13. The van der Waals surface area contributed by atoms with E-state index < -0.39 is 5.97 Å². The first-order valence-electron chi connectivity index (χ1n) is 8.66. The predicted molar refractivity (Wildman–Crippen MR) is 111 cm³/mol. The van der Waals surface area contributed by atoms with E-state index in [-0.39, 0.29) is 10.4 Å². The van der Waals surface area contributed by atoms with Gasteiger partial charge in [0, 0.05) is 17.0 Å². The van der Waals surface area contributed by atoms with Crippen LogP contribution in [0.15, 0.2) is 71.5 Å². The highest BCUT2D eigenvalue weighted by molar-refractivity contribution is 7.21. The molecule has 2 heterocycles. The lowest BCUT2D eigenvalue weighted by atomic mass is 10.0. The van der Waals surface area contributed by atoms with Crippen molar-refractivity contribution in [2.75, 3.05) is 7.11 Å². The molecule has 5 nitrogen and oxygen atoms in total. The van der Waals surface area contributed by atoms with Gasteiger partial charge in [0.05, 0.1) is 13.7 Å². The third kappa shape index (κ3) is 3.18. The number of aromatic nitrogens is 1. The number of rotatable bonds is 5. The highest BCUT2D eigenvalue weighted by Gasteiger charge is 2.21. The highest BCUT2D eigenvalue weighted by atomic mass is 32.1. The molecule has 4 rings (SSSR count). The summed E-state index contributed by atoms with van der Waals surface area (Å²) in [4.78, 5) is 25.4. The highest BCUT2D eigenvalue weighted by Crippen LogP contribution is 2.38. The maximum absolute atomic E-state index is 12.6. The number of hydrogen-bond donors (Lipinski definition) is 1. The van der Waals surface area contributed by atoms with Crippen LogP contribution in [-0.2, 0) is 6.54 Å². The van der Waals surface area contributed by atoms with Gasteiger partial charge in [0.15, 0.2) is 0 Å². The van der Waals surface area contributed by atoms with Crippen LogP contribution < -0.4 is 10.3 Å². The molecule has 0 spiro atoms. The Balaban J connectivity index is 1.94. The third-order valence-electron chi connectivity index (χ3n) is 4.56. The van der Waals surface area contributed by atoms with E-state index in [4.69, 9.17) is 4.74 Å². The fourth-order valence-corrected chi connectivity index (χ4v) is 4.43. The second-order valence-corrected chi connectivity index (χ2v) is 7.30. The summed E-state index contributed by atoms with van der Waals surface area (Å²) in [5.74, 6) is -0.291. The lowest BCUT2D eigenvalue weighted by Crippen LogP contribution is -2.19. The molecule has 4 aromatic rings. The number of nitrogens with zero attached hydrogens (tertiary/aromatic N) is 1. The molecule has 0 saturated heterocycles. The molecule has 0 fully saturated rings. The molecule has 0 bridgehead atoms. The minimum Gasteiger partial charge on any atom is -0.497 e. The van der Waals surface area contributed by atoms with Gasteiger partial charge < -0.3 is 9.84 Å². The van der Waals surface area contributed by atoms with Gasteiger partial charge in [-0.1, -0.05) is 42.5 Å². The van der Waals surface area contributed by atoms with Crippen LogP contribution in [0.5, 0.6) is 5.75 Å². The topological polar surface area (TPSA) is 68.5 Å². The van der Waals surface area contributed by atoms with E-state index >= 15 is 0 Å². The summed E-state index contributed by atoms with van der Waals surface area (Å²) in [6.07, 6.45) is 0. The molecule has 0 radical (unpaired) electrons. The molecule has 0 unspecified atom stereocenters. The van der Waals surface area contributed by atoms with Crippen LogP contribution in [0.3, 0.4) is 0 Å². The van der Waals surface area contributed by atoms with Crippen LogP contribution in [0.1, 0.15) is 15.2 Å². The summed E-state index contributed by atoms with van der Waals surface area (Å²) in [5, 5.41) is 10.5. The number of ether oxygens (including phenoxy) is 1. The second kappa shape index (κ2) is 7.32. The Morgan fingerprint density at radius 1 is 1.07 bits per heavy atom. The number of pyridine rings is 1. The van der Waals surface area contributed by atoms with Crippen molar-refractivity contribution in [3.05, 3.63) is 87.5 Å². The number of fused-ring (bicyclic) bond motifs is 1. The molecule has 0 aliphatic rings. The summed E-state index contributed by atoms with van der Waals surface area (Å²) in [5.41, 5.74) is 2.19. The average molecular weight is 391 g/mol. The fourth-order valence-electron chi connectivity index (χ4n) is 3.28. The molecular formula is C22H17NO4S. The van der Waals surface area contributed by atoms with Gasteiger partial charge in [-0.3, -0.25) is 9.36 Å². The van der Waals surface area contributed by atoms with E-state index in [0.717, 1.165) is 27.8 Å². The van der Waals surface area contributed by atoms with Gasteiger partial charge in [-0.25, -0.2) is 4.79 Å². The van der Waals surface area contributed by atoms with Gasteiger partial charge >= 0.3 is 5.97 Å². The molecule has 6 heteroatoms. The molecule has 0 aliphatic heterocycles. The van der Waals surface area contributed by atoms with Crippen molar-refractivity contribution >= 4 is 27.5 Å². The SMILES string of the molecule is COc1cccc(Cn2c(=O)ccc3c(-c4ccccc4)c(C(=O)O)sc32)c1. The molecule has 0 aliphatic carbocycles. The molecule has 140 valence electrons. The molecule has 28 heavy (non-hydrogen) atoms. The average Bonchev–Trinajstić information content (AvgIpc) is 3.11. The minimum absolute atomic E-state index is 0.173. The van der Waals surface area contributed by atoms with Crippen LogP contribution in [-0.4, -0.2) is 22.8 Å². The summed E-state index contributed by atoms with van der Waals surface area (Å²) in [6, 6.07) is 20.1. The zero-order valence-electron chi connectivity index (χ0n) is 15.1. The Labute approximate surface area is 165 Å². The van der Waals surface area contributed by atoms with E-state index in [2.05, 4.69) is 0 Å². The monoisotopic (exact) mass is 391 g/mol. The normalized spacial score (nSPS) is 10.9. The van der Waals surface area contributed by atoms with Crippen molar-refractivity contribution in [1.29, 1.82) is 0 Å². The second-order valence-electron chi connectivity index (χ2n) is 6.31. The number of carbonyl (C=O) groups is 1. The quantitative estimate of drug-likeness (QED) is 0.544. The first kappa shape index (κ1) is 18.0. The van der Waals surface area contributed by atoms with Gasteiger partial charge in [-0.15, -0.1) is 11.3 Å². The van der Waals surface area contributed by atoms with Crippen molar-refractivity contribution in [1.82, 2.24) is 4.57 Å². The molecule has 0 saturated carbocycles. The van der Waals surface area contributed by atoms with Crippen molar-refractivity contribution in [2.45, 2.75) is 6.54 Å². The van der Waals surface area contributed by atoms with Gasteiger partial charge in [0.2, 0.25) is 0 Å². The maximum Gasteiger partial charge on any atom is 0.346 e. The van der Waals surface area contributed by atoms with Crippen LogP contribution >= 0.6 is 11.3 Å². The molecule has 2 aromatic carbocycles. The van der Waals surface area contributed by atoms with Crippen molar-refractivity contribution in [3.8, 4) is 16.9 Å². The van der Waals surface area contributed by atoms with Gasteiger partial charge in [0.25, 0.3) is 5.56 Å². The Morgan fingerprint density at radius 2 is 1.86 bits per heavy atom. The number of carboxylic acids is 1. The number of thiophene rings is 1. The third-order valence-corrected chi connectivity index (χ3v) is 5.78. The lowest BCUT2D eigenvalue weighted by Gasteiger charge is -2.09. The van der Waals surface area contributed by atoms with Gasteiger partial charge in [-0.05, 0) is 29.3 Å².